The second kappa shape index (κ2) is 8.53. The van der Waals surface area contributed by atoms with Crippen molar-refractivity contribution >= 4 is 28.6 Å². The second-order valence-electron chi connectivity index (χ2n) is 8.33. The highest BCUT2D eigenvalue weighted by molar-refractivity contribution is 5.94. The lowest BCUT2D eigenvalue weighted by Crippen LogP contribution is -2.41. The Morgan fingerprint density at radius 2 is 2.03 bits per heavy atom. The van der Waals surface area contributed by atoms with Crippen LogP contribution in [0.2, 0.25) is 0 Å². The van der Waals surface area contributed by atoms with Gasteiger partial charge in [-0.2, -0.15) is 0 Å². The zero-order valence-electron chi connectivity index (χ0n) is 17.9. The Morgan fingerprint density at radius 1 is 1.13 bits per heavy atom. The molecular weight excluding hydrogens is 392 g/mol. The molecule has 0 unspecified atom stereocenters. The summed E-state index contributed by atoms with van der Waals surface area (Å²) in [6.45, 7) is 2.45. The van der Waals surface area contributed by atoms with Crippen molar-refractivity contribution < 1.29 is 9.53 Å². The minimum atomic E-state index is -0.121. The van der Waals surface area contributed by atoms with E-state index in [1.54, 1.807) is 13.4 Å². The molecule has 2 aromatic heterocycles. The van der Waals surface area contributed by atoms with Gasteiger partial charge in [-0.3, -0.25) is 4.79 Å². The van der Waals surface area contributed by atoms with E-state index in [4.69, 9.17) is 9.72 Å². The van der Waals surface area contributed by atoms with E-state index in [1.807, 2.05) is 24.3 Å². The number of imidazole rings is 1. The van der Waals surface area contributed by atoms with Crippen LogP contribution in [-0.4, -0.2) is 45.6 Å². The molecule has 1 N–H and O–H groups in total. The third kappa shape index (κ3) is 3.82. The number of ether oxygens (including phenoxy) is 1. The number of nitrogens with zero attached hydrogens (tertiary/aromatic N) is 5. The Morgan fingerprint density at radius 3 is 2.94 bits per heavy atom. The molecule has 1 aromatic carbocycles. The molecule has 0 spiro atoms. The van der Waals surface area contributed by atoms with Crippen molar-refractivity contribution in [3.05, 3.63) is 36.4 Å². The summed E-state index contributed by atoms with van der Waals surface area (Å²) in [6, 6.07) is 7.50. The first kappa shape index (κ1) is 19.8. The molecule has 8 heteroatoms. The molecule has 162 valence electrons. The summed E-state index contributed by atoms with van der Waals surface area (Å²) in [5.41, 5.74) is 2.49. The van der Waals surface area contributed by atoms with Gasteiger partial charge in [-0.05, 0) is 37.8 Å². The average molecular weight is 421 g/mol. The number of benzene rings is 1. The summed E-state index contributed by atoms with van der Waals surface area (Å²) in [4.78, 5) is 29.3. The maximum Gasteiger partial charge on any atom is 0.229 e. The standard InChI is InChI=1S/C23H28N6O2/c1-31-18-10-5-4-9-17(18)26-23(30)16-8-7-12-28(14-16)21-20-22(25-15-24-21)29-13-6-2-3-11-19(29)27-20/h4-5,9-10,15-16H,2-3,6-8,11-14H2,1H3,(H,26,30)/t16-/m0/s1. The summed E-state index contributed by atoms with van der Waals surface area (Å²) in [5.74, 6) is 2.52. The van der Waals surface area contributed by atoms with Crippen LogP contribution < -0.4 is 15.0 Å². The number of hydrogen-bond donors (Lipinski definition) is 1. The van der Waals surface area contributed by atoms with Crippen molar-refractivity contribution in [3.8, 4) is 5.75 Å². The van der Waals surface area contributed by atoms with E-state index in [-0.39, 0.29) is 11.8 Å². The molecule has 1 amide bonds. The van der Waals surface area contributed by atoms with Crippen LogP contribution >= 0.6 is 0 Å². The number of rotatable bonds is 4. The van der Waals surface area contributed by atoms with E-state index >= 15 is 0 Å². The number of aryl methyl sites for hydroxylation is 2. The number of carbonyl (C=O) groups is 1. The fraction of sp³-hybridized carbons (Fsp3) is 0.478. The number of fused-ring (bicyclic) bond motifs is 3. The summed E-state index contributed by atoms with van der Waals surface area (Å²) in [7, 11) is 1.61. The van der Waals surface area contributed by atoms with Crippen molar-refractivity contribution in [2.75, 3.05) is 30.4 Å². The van der Waals surface area contributed by atoms with Crippen LogP contribution in [-0.2, 0) is 17.8 Å². The van der Waals surface area contributed by atoms with Crippen LogP contribution in [0.1, 0.15) is 37.9 Å². The fourth-order valence-electron chi connectivity index (χ4n) is 4.72. The molecule has 1 atom stereocenters. The number of piperidine rings is 1. The third-order valence-corrected chi connectivity index (χ3v) is 6.33. The Balaban J connectivity index is 1.38. The van der Waals surface area contributed by atoms with Crippen molar-refractivity contribution in [2.45, 2.75) is 45.1 Å². The lowest BCUT2D eigenvalue weighted by Gasteiger charge is -2.32. The molecule has 31 heavy (non-hydrogen) atoms. The predicted octanol–water partition coefficient (Wildman–Crippen LogP) is 3.42. The first-order valence-corrected chi connectivity index (χ1v) is 11.1. The van der Waals surface area contributed by atoms with E-state index < -0.39 is 0 Å². The molecule has 1 fully saturated rings. The normalized spacial score (nSPS) is 19.0. The molecule has 3 aromatic rings. The van der Waals surface area contributed by atoms with Gasteiger partial charge in [0.25, 0.3) is 0 Å². The van der Waals surface area contributed by atoms with Gasteiger partial charge in [-0.15, -0.1) is 0 Å². The topological polar surface area (TPSA) is 85.2 Å². The van der Waals surface area contributed by atoms with Gasteiger partial charge in [0.05, 0.1) is 18.7 Å². The molecule has 1 saturated heterocycles. The van der Waals surface area contributed by atoms with Gasteiger partial charge in [-0.1, -0.05) is 18.6 Å². The van der Waals surface area contributed by atoms with Gasteiger partial charge in [0, 0.05) is 26.1 Å². The number of anilines is 2. The van der Waals surface area contributed by atoms with Crippen LogP contribution in [0, 0.1) is 5.92 Å². The average Bonchev–Trinajstić information content (AvgIpc) is 3.00. The molecule has 5 rings (SSSR count). The van der Waals surface area contributed by atoms with Crippen molar-refractivity contribution in [1.29, 1.82) is 0 Å². The fourth-order valence-corrected chi connectivity index (χ4v) is 4.72. The molecule has 0 bridgehead atoms. The Kier molecular flexibility index (Phi) is 5.44. The van der Waals surface area contributed by atoms with Crippen LogP contribution in [0.5, 0.6) is 5.75 Å². The predicted molar refractivity (Wildman–Crippen MR) is 119 cm³/mol. The van der Waals surface area contributed by atoms with Gasteiger partial charge in [-0.25, -0.2) is 15.0 Å². The molecule has 8 nitrogen and oxygen atoms in total. The molecular formula is C23H28N6O2. The van der Waals surface area contributed by atoms with Gasteiger partial charge >= 0.3 is 0 Å². The Hall–Kier alpha value is -3.16. The zero-order valence-corrected chi connectivity index (χ0v) is 17.9. The largest absolute Gasteiger partial charge is 0.495 e. The van der Waals surface area contributed by atoms with Gasteiger partial charge in [0.2, 0.25) is 5.91 Å². The quantitative estimate of drug-likeness (QED) is 0.696. The number of methoxy groups -OCH3 is 1. The molecule has 2 aliphatic heterocycles. The number of hydrogen-bond acceptors (Lipinski definition) is 6. The first-order chi connectivity index (χ1) is 15.2. The van der Waals surface area contributed by atoms with Gasteiger partial charge < -0.3 is 19.5 Å². The lowest BCUT2D eigenvalue weighted by molar-refractivity contribution is -0.120. The summed E-state index contributed by atoms with van der Waals surface area (Å²) in [5, 5.41) is 3.04. The first-order valence-electron chi connectivity index (χ1n) is 11.1. The number of carbonyl (C=O) groups excluding carboxylic acids is 1. The molecule has 2 aliphatic rings. The van der Waals surface area contributed by atoms with Crippen molar-refractivity contribution in [2.24, 2.45) is 5.92 Å². The minimum Gasteiger partial charge on any atom is -0.495 e. The van der Waals surface area contributed by atoms with Crippen LogP contribution in [0.25, 0.3) is 11.2 Å². The van der Waals surface area contributed by atoms with E-state index in [2.05, 4.69) is 24.8 Å². The summed E-state index contributed by atoms with van der Waals surface area (Å²) in [6.07, 6.45) is 7.97. The maximum atomic E-state index is 13.0. The number of aromatic nitrogens is 4. The van der Waals surface area contributed by atoms with E-state index in [1.165, 1.54) is 12.8 Å². The van der Waals surface area contributed by atoms with Gasteiger partial charge in [0.1, 0.15) is 17.9 Å². The van der Waals surface area contributed by atoms with Crippen LogP contribution in [0.3, 0.4) is 0 Å². The highest BCUT2D eigenvalue weighted by Crippen LogP contribution is 2.30. The number of para-hydroxylation sites is 2. The van der Waals surface area contributed by atoms with E-state index in [9.17, 15) is 4.79 Å². The molecule has 0 saturated carbocycles. The Bertz CT molecular complexity index is 1090. The summed E-state index contributed by atoms with van der Waals surface area (Å²) >= 11 is 0. The molecule has 0 radical (unpaired) electrons. The zero-order chi connectivity index (χ0) is 21.2. The maximum absolute atomic E-state index is 13.0. The van der Waals surface area contributed by atoms with Crippen LogP contribution in [0.4, 0.5) is 11.5 Å². The highest BCUT2D eigenvalue weighted by Gasteiger charge is 2.29. The molecule has 0 aliphatic carbocycles. The van der Waals surface area contributed by atoms with E-state index in [0.717, 1.165) is 61.6 Å². The smallest absolute Gasteiger partial charge is 0.229 e. The monoisotopic (exact) mass is 420 g/mol. The summed E-state index contributed by atoms with van der Waals surface area (Å²) < 4.78 is 7.62. The lowest BCUT2D eigenvalue weighted by atomic mass is 9.97. The van der Waals surface area contributed by atoms with E-state index in [0.29, 0.717) is 18.0 Å². The van der Waals surface area contributed by atoms with Crippen LogP contribution in [0.15, 0.2) is 30.6 Å². The number of amides is 1. The highest BCUT2D eigenvalue weighted by atomic mass is 16.5. The van der Waals surface area contributed by atoms with Gasteiger partial charge in [0.15, 0.2) is 17.0 Å². The second-order valence-corrected chi connectivity index (χ2v) is 8.33. The molecule has 4 heterocycles. The minimum absolute atomic E-state index is 0.0140. The third-order valence-electron chi connectivity index (χ3n) is 6.33. The van der Waals surface area contributed by atoms with Crippen molar-refractivity contribution in [3.63, 3.8) is 0 Å². The SMILES string of the molecule is COc1ccccc1NC(=O)[C@H]1CCCN(c2ncnc3c2nc2n3CCCCC2)C1. The van der Waals surface area contributed by atoms with Crippen molar-refractivity contribution in [1.82, 2.24) is 19.5 Å². The Labute approximate surface area is 181 Å². The number of nitrogens with one attached hydrogen (secondary N) is 1.